The van der Waals surface area contributed by atoms with Crippen molar-refractivity contribution >= 4 is 41.0 Å². The zero-order valence-electron chi connectivity index (χ0n) is 30.8. The number of likely N-dealkylation sites (tertiary alicyclic amines) is 1. The standard InChI is InChI=1S/C41H43F2N7O5/c1-48-34-22-44-39(47-36(34)50(27-9-3-4-10-27)24-41(42,43)38(48)52)46-33-16-15-25(21-35(33)54-2)37(51)45-26-17-19-49(20-18-26)40(53)55-23-32-30-13-7-5-11-28(30)29-12-6-8-14-31(29)32/h5-8,11-16,21-22,26-27,32H,3-4,9-10,17-20,23-24H2,1-2H3,(H,45,51)(H,44,46,47). The number of carbonyl (C=O) groups is 3. The summed E-state index contributed by atoms with van der Waals surface area (Å²) in [6, 6.07) is 21.1. The number of fused-ring (bicyclic) bond motifs is 4. The molecule has 4 aliphatic rings. The van der Waals surface area contributed by atoms with Gasteiger partial charge in [-0.3, -0.25) is 9.59 Å². The lowest BCUT2D eigenvalue weighted by Gasteiger charge is -2.32. The highest BCUT2D eigenvalue weighted by Crippen LogP contribution is 2.45. The van der Waals surface area contributed by atoms with Crippen molar-refractivity contribution < 1.29 is 32.6 Å². The molecular formula is C41H43F2N7O5. The lowest BCUT2D eigenvalue weighted by molar-refractivity contribution is -0.140. The van der Waals surface area contributed by atoms with Crippen LogP contribution < -0.4 is 25.2 Å². The maximum atomic E-state index is 15.0. The van der Waals surface area contributed by atoms with Gasteiger partial charge in [-0.1, -0.05) is 61.4 Å². The van der Waals surface area contributed by atoms with Crippen LogP contribution >= 0.6 is 0 Å². The zero-order valence-corrected chi connectivity index (χ0v) is 30.8. The molecule has 4 aromatic rings. The SMILES string of the molecule is COc1cc(C(=O)NC2CCN(C(=O)OCC3c4ccccc4-c4ccccc43)CC2)ccc1Nc1ncc2c(n1)N(C1CCCC1)CC(F)(F)C(=O)N2C. The first-order chi connectivity index (χ1) is 26.6. The number of amides is 3. The number of aromatic nitrogens is 2. The second-order valence-electron chi connectivity index (χ2n) is 14.6. The van der Waals surface area contributed by atoms with Crippen LogP contribution in [-0.4, -0.2) is 91.2 Å². The molecule has 2 fully saturated rings. The topological polar surface area (TPSA) is 129 Å². The van der Waals surface area contributed by atoms with E-state index in [1.807, 2.05) is 24.3 Å². The van der Waals surface area contributed by atoms with Gasteiger partial charge in [-0.25, -0.2) is 9.78 Å². The van der Waals surface area contributed by atoms with Gasteiger partial charge in [-0.2, -0.15) is 13.8 Å². The molecule has 2 aliphatic heterocycles. The number of nitrogens with one attached hydrogen (secondary N) is 2. The number of hydrogen-bond acceptors (Lipinski definition) is 9. The summed E-state index contributed by atoms with van der Waals surface area (Å²) in [6.45, 7) is 0.402. The molecule has 3 aromatic carbocycles. The Morgan fingerprint density at radius 1 is 0.945 bits per heavy atom. The molecule has 0 spiro atoms. The van der Waals surface area contributed by atoms with E-state index in [-0.39, 0.29) is 54.1 Å². The van der Waals surface area contributed by atoms with E-state index in [1.54, 1.807) is 28.0 Å². The summed E-state index contributed by atoms with van der Waals surface area (Å²) in [5.74, 6) is -4.43. The number of halogens is 2. The van der Waals surface area contributed by atoms with Crippen molar-refractivity contribution in [2.75, 3.05) is 55.5 Å². The van der Waals surface area contributed by atoms with Crippen LogP contribution in [0.3, 0.4) is 0 Å². The van der Waals surface area contributed by atoms with Gasteiger partial charge >= 0.3 is 12.0 Å². The second-order valence-corrected chi connectivity index (χ2v) is 14.6. The Kier molecular flexibility index (Phi) is 9.74. The fraction of sp³-hybridized carbons (Fsp3) is 0.390. The fourth-order valence-corrected chi connectivity index (χ4v) is 8.32. The van der Waals surface area contributed by atoms with Crippen LogP contribution in [0.2, 0.25) is 0 Å². The number of anilines is 4. The summed E-state index contributed by atoms with van der Waals surface area (Å²) in [4.78, 5) is 52.3. The molecule has 0 bridgehead atoms. The van der Waals surface area contributed by atoms with Crippen LogP contribution in [0.5, 0.6) is 5.75 Å². The number of rotatable bonds is 8. The summed E-state index contributed by atoms with van der Waals surface area (Å²) in [5.41, 5.74) is 5.72. The minimum Gasteiger partial charge on any atom is -0.495 e. The van der Waals surface area contributed by atoms with Crippen molar-refractivity contribution in [3.63, 3.8) is 0 Å². The lowest BCUT2D eigenvalue weighted by Crippen LogP contribution is -2.48. The van der Waals surface area contributed by atoms with E-state index in [0.29, 0.717) is 42.9 Å². The van der Waals surface area contributed by atoms with E-state index in [1.165, 1.54) is 31.5 Å². The van der Waals surface area contributed by atoms with Gasteiger partial charge in [0.25, 0.3) is 11.8 Å². The zero-order chi connectivity index (χ0) is 38.3. The number of hydrogen-bond donors (Lipinski definition) is 2. The predicted molar refractivity (Wildman–Crippen MR) is 203 cm³/mol. The maximum Gasteiger partial charge on any atom is 0.409 e. The number of piperidine rings is 1. The molecular weight excluding hydrogens is 708 g/mol. The third kappa shape index (κ3) is 7.01. The average molecular weight is 752 g/mol. The van der Waals surface area contributed by atoms with E-state index in [4.69, 9.17) is 9.47 Å². The Labute approximate surface area is 317 Å². The normalized spacial score (nSPS) is 18.3. The van der Waals surface area contributed by atoms with Crippen LogP contribution in [0.4, 0.5) is 36.7 Å². The minimum atomic E-state index is -3.58. The molecule has 12 nitrogen and oxygen atoms in total. The first kappa shape index (κ1) is 36.2. The molecule has 8 rings (SSSR count). The molecule has 14 heteroatoms. The van der Waals surface area contributed by atoms with Gasteiger partial charge < -0.3 is 34.8 Å². The lowest BCUT2D eigenvalue weighted by atomic mass is 9.98. The number of ether oxygens (including phenoxy) is 2. The van der Waals surface area contributed by atoms with E-state index in [9.17, 15) is 14.4 Å². The third-order valence-electron chi connectivity index (χ3n) is 11.3. The molecule has 0 radical (unpaired) electrons. The summed E-state index contributed by atoms with van der Waals surface area (Å²) < 4.78 is 41.5. The molecule has 0 atom stereocenters. The largest absolute Gasteiger partial charge is 0.495 e. The van der Waals surface area contributed by atoms with Crippen molar-refractivity contribution in [1.82, 2.24) is 20.2 Å². The van der Waals surface area contributed by atoms with E-state index in [0.717, 1.165) is 41.7 Å². The predicted octanol–water partition coefficient (Wildman–Crippen LogP) is 6.73. The highest BCUT2D eigenvalue weighted by atomic mass is 19.3. The van der Waals surface area contributed by atoms with Gasteiger partial charge in [-0.15, -0.1) is 0 Å². The third-order valence-corrected chi connectivity index (χ3v) is 11.3. The highest BCUT2D eigenvalue weighted by Gasteiger charge is 2.49. The van der Waals surface area contributed by atoms with Crippen LogP contribution in [0, 0.1) is 0 Å². The van der Waals surface area contributed by atoms with Gasteiger partial charge in [0.15, 0.2) is 5.82 Å². The Balaban J connectivity index is 0.883. The van der Waals surface area contributed by atoms with Crippen LogP contribution in [-0.2, 0) is 9.53 Å². The van der Waals surface area contributed by atoms with E-state index in [2.05, 4.69) is 44.9 Å². The molecule has 1 aromatic heterocycles. The Morgan fingerprint density at radius 3 is 2.29 bits per heavy atom. The molecule has 2 N–H and O–H groups in total. The van der Waals surface area contributed by atoms with E-state index < -0.39 is 18.4 Å². The minimum absolute atomic E-state index is 0.0151. The first-order valence-corrected chi connectivity index (χ1v) is 18.8. The van der Waals surface area contributed by atoms with E-state index >= 15 is 8.78 Å². The number of methoxy groups -OCH3 is 1. The summed E-state index contributed by atoms with van der Waals surface area (Å²) in [7, 11) is 2.79. The number of benzene rings is 3. The molecule has 0 unspecified atom stereocenters. The molecule has 1 saturated carbocycles. The van der Waals surface area contributed by atoms with Gasteiger partial charge in [0.2, 0.25) is 5.95 Å². The van der Waals surface area contributed by atoms with Crippen molar-refractivity contribution in [2.24, 2.45) is 0 Å². The molecule has 2 aliphatic carbocycles. The van der Waals surface area contributed by atoms with Gasteiger partial charge in [0, 0.05) is 43.7 Å². The maximum absolute atomic E-state index is 15.0. The Hall–Kier alpha value is -5.79. The number of nitrogens with zero attached hydrogens (tertiary/aromatic N) is 5. The summed E-state index contributed by atoms with van der Waals surface area (Å²) in [5, 5.41) is 6.19. The van der Waals surface area contributed by atoms with Crippen LogP contribution in [0.25, 0.3) is 11.1 Å². The van der Waals surface area contributed by atoms with Crippen molar-refractivity contribution in [1.29, 1.82) is 0 Å². The smallest absolute Gasteiger partial charge is 0.409 e. The van der Waals surface area contributed by atoms with Crippen molar-refractivity contribution in [3.05, 3.63) is 89.6 Å². The number of carbonyl (C=O) groups excluding carboxylic acids is 3. The molecule has 3 amide bonds. The summed E-state index contributed by atoms with van der Waals surface area (Å²) in [6.07, 6.45) is 5.46. The van der Waals surface area contributed by atoms with Gasteiger partial charge in [0.05, 0.1) is 25.5 Å². The Bertz CT molecular complexity index is 2070. The average Bonchev–Trinajstić information content (AvgIpc) is 3.84. The van der Waals surface area contributed by atoms with Gasteiger partial charge in [-0.05, 0) is 66.1 Å². The molecule has 3 heterocycles. The number of alkyl halides is 2. The molecule has 286 valence electrons. The molecule has 55 heavy (non-hydrogen) atoms. The quantitative estimate of drug-likeness (QED) is 0.201. The van der Waals surface area contributed by atoms with Crippen molar-refractivity contribution in [2.45, 2.75) is 62.4 Å². The molecule has 1 saturated heterocycles. The first-order valence-electron chi connectivity index (χ1n) is 18.8. The van der Waals surface area contributed by atoms with Crippen LogP contribution in [0.1, 0.15) is 65.9 Å². The monoisotopic (exact) mass is 751 g/mol. The fourth-order valence-electron chi connectivity index (χ4n) is 8.32. The van der Waals surface area contributed by atoms with Gasteiger partial charge in [0.1, 0.15) is 18.0 Å². The van der Waals surface area contributed by atoms with Crippen LogP contribution in [0.15, 0.2) is 72.9 Å². The van der Waals surface area contributed by atoms with Crippen molar-refractivity contribution in [3.8, 4) is 16.9 Å². The Morgan fingerprint density at radius 2 is 1.62 bits per heavy atom. The highest BCUT2D eigenvalue weighted by molar-refractivity contribution is 6.02. The summed E-state index contributed by atoms with van der Waals surface area (Å²) >= 11 is 0. The second kappa shape index (κ2) is 14.8.